The molecular weight excluding hydrogens is 252 g/mol. The Balaban J connectivity index is 2.41. The van der Waals surface area contributed by atoms with Crippen LogP contribution in [0.4, 0.5) is 0 Å². The maximum atomic E-state index is 11.7. The van der Waals surface area contributed by atoms with E-state index in [0.717, 1.165) is 23.5 Å². The summed E-state index contributed by atoms with van der Waals surface area (Å²) in [4.78, 5) is 1.12. The van der Waals surface area contributed by atoms with E-state index in [1.807, 2.05) is 30.3 Å². The normalized spacial score (nSPS) is 14.5. The van der Waals surface area contributed by atoms with E-state index >= 15 is 0 Å². The van der Waals surface area contributed by atoms with Crippen LogP contribution in [0.15, 0.2) is 35.2 Å². The fraction of sp³-hybridized carbons (Fsp3) is 0.538. The number of hydrogen-bond donors (Lipinski definition) is 1. The van der Waals surface area contributed by atoms with Crippen LogP contribution in [0.5, 0.6) is 0 Å². The fourth-order valence-corrected chi connectivity index (χ4v) is 4.21. The molecular formula is C13H20O2S2. The van der Waals surface area contributed by atoms with Gasteiger partial charge in [-0.25, -0.2) is 0 Å². The molecule has 1 aromatic rings. The van der Waals surface area contributed by atoms with Crippen molar-refractivity contribution in [3.8, 4) is 0 Å². The summed E-state index contributed by atoms with van der Waals surface area (Å²) in [7, 11) is -0.804. The number of unbranched alkanes of at least 4 members (excludes halogenated alkanes) is 1. The number of hydrogen-bond acceptors (Lipinski definition) is 3. The predicted octanol–water partition coefficient (Wildman–Crippen LogP) is 2.69. The number of aliphatic hydroxyl groups excluding tert-OH is 1. The van der Waals surface area contributed by atoms with Crippen LogP contribution in [0, 0.1) is 0 Å². The SMILES string of the molecule is CCCC[S@@](=O)C[C@H](CO)Sc1ccccc1. The van der Waals surface area contributed by atoms with Crippen LogP contribution in [-0.4, -0.2) is 32.7 Å². The van der Waals surface area contributed by atoms with E-state index in [0.29, 0.717) is 5.75 Å². The molecule has 0 saturated carbocycles. The smallest absolute Gasteiger partial charge is 0.0562 e. The maximum Gasteiger partial charge on any atom is 0.0562 e. The molecule has 2 atom stereocenters. The van der Waals surface area contributed by atoms with Gasteiger partial charge in [0.1, 0.15) is 0 Å². The molecule has 0 aliphatic rings. The second-order valence-electron chi connectivity index (χ2n) is 3.90. The highest BCUT2D eigenvalue weighted by molar-refractivity contribution is 8.00. The maximum absolute atomic E-state index is 11.7. The highest BCUT2D eigenvalue weighted by Gasteiger charge is 2.13. The Bertz CT molecular complexity index is 327. The first-order valence-electron chi connectivity index (χ1n) is 5.93. The Morgan fingerprint density at radius 1 is 1.35 bits per heavy atom. The Morgan fingerprint density at radius 3 is 2.65 bits per heavy atom. The zero-order valence-corrected chi connectivity index (χ0v) is 11.8. The summed E-state index contributed by atoms with van der Waals surface area (Å²) in [5.41, 5.74) is 0. The molecule has 0 fully saturated rings. The Hall–Kier alpha value is -0.320. The summed E-state index contributed by atoms with van der Waals surface area (Å²) in [5, 5.41) is 9.34. The largest absolute Gasteiger partial charge is 0.395 e. The lowest BCUT2D eigenvalue weighted by atomic mass is 10.4. The van der Waals surface area contributed by atoms with Crippen LogP contribution >= 0.6 is 11.8 Å². The van der Waals surface area contributed by atoms with Crippen molar-refractivity contribution in [1.29, 1.82) is 0 Å². The minimum absolute atomic E-state index is 0.0371. The molecule has 96 valence electrons. The van der Waals surface area contributed by atoms with E-state index in [9.17, 15) is 9.32 Å². The average molecular weight is 272 g/mol. The van der Waals surface area contributed by atoms with Crippen LogP contribution in [0.1, 0.15) is 19.8 Å². The van der Waals surface area contributed by atoms with Crippen LogP contribution in [0.25, 0.3) is 0 Å². The van der Waals surface area contributed by atoms with Crippen molar-refractivity contribution in [1.82, 2.24) is 0 Å². The molecule has 0 aromatic heterocycles. The second kappa shape index (κ2) is 8.72. The van der Waals surface area contributed by atoms with E-state index in [1.54, 1.807) is 11.8 Å². The predicted molar refractivity (Wildman–Crippen MR) is 76.0 cm³/mol. The van der Waals surface area contributed by atoms with Gasteiger partial charge in [-0.05, 0) is 18.6 Å². The first-order valence-corrected chi connectivity index (χ1v) is 8.30. The minimum atomic E-state index is -0.804. The Labute approximate surface area is 110 Å². The zero-order valence-electron chi connectivity index (χ0n) is 10.2. The molecule has 0 saturated heterocycles. The van der Waals surface area contributed by atoms with Crippen molar-refractivity contribution < 1.29 is 9.32 Å². The summed E-state index contributed by atoms with van der Waals surface area (Å²) in [6.07, 6.45) is 2.07. The van der Waals surface area contributed by atoms with Crippen LogP contribution < -0.4 is 0 Å². The molecule has 0 spiro atoms. The van der Waals surface area contributed by atoms with Crippen LogP contribution in [0.3, 0.4) is 0 Å². The van der Waals surface area contributed by atoms with Gasteiger partial charge in [-0.2, -0.15) is 0 Å². The van der Waals surface area contributed by atoms with E-state index in [2.05, 4.69) is 6.92 Å². The van der Waals surface area contributed by atoms with Gasteiger partial charge in [-0.15, -0.1) is 11.8 Å². The number of rotatable bonds is 8. The lowest BCUT2D eigenvalue weighted by molar-refractivity contribution is 0.301. The van der Waals surface area contributed by atoms with E-state index in [-0.39, 0.29) is 11.9 Å². The molecule has 0 aliphatic heterocycles. The van der Waals surface area contributed by atoms with Gasteiger partial charge < -0.3 is 5.11 Å². The molecule has 0 radical (unpaired) electrons. The van der Waals surface area contributed by atoms with Crippen LogP contribution in [-0.2, 0) is 10.8 Å². The van der Waals surface area contributed by atoms with Crippen molar-refractivity contribution >= 4 is 22.6 Å². The van der Waals surface area contributed by atoms with E-state index in [1.165, 1.54) is 0 Å². The van der Waals surface area contributed by atoms with Gasteiger partial charge in [-0.1, -0.05) is 31.5 Å². The van der Waals surface area contributed by atoms with Gasteiger partial charge in [0.25, 0.3) is 0 Å². The summed E-state index contributed by atoms with van der Waals surface area (Å²) >= 11 is 1.61. The third kappa shape index (κ3) is 6.24. The summed E-state index contributed by atoms with van der Waals surface area (Å²) in [6, 6.07) is 9.96. The average Bonchev–Trinajstić information content (AvgIpc) is 2.36. The van der Waals surface area contributed by atoms with Gasteiger partial charge in [0.2, 0.25) is 0 Å². The molecule has 1 N–H and O–H groups in total. The minimum Gasteiger partial charge on any atom is -0.395 e. The molecule has 0 amide bonds. The quantitative estimate of drug-likeness (QED) is 0.739. The molecule has 2 nitrogen and oxygen atoms in total. The van der Waals surface area contributed by atoms with E-state index in [4.69, 9.17) is 0 Å². The monoisotopic (exact) mass is 272 g/mol. The summed E-state index contributed by atoms with van der Waals surface area (Å²) in [6.45, 7) is 2.18. The molecule has 0 unspecified atom stereocenters. The topological polar surface area (TPSA) is 37.3 Å². The lowest BCUT2D eigenvalue weighted by Crippen LogP contribution is -2.19. The highest BCUT2D eigenvalue weighted by atomic mass is 32.2. The Kier molecular flexibility index (Phi) is 7.56. The molecule has 17 heavy (non-hydrogen) atoms. The third-order valence-electron chi connectivity index (χ3n) is 2.35. The van der Waals surface area contributed by atoms with Gasteiger partial charge in [0.05, 0.1) is 6.61 Å². The van der Waals surface area contributed by atoms with Gasteiger partial charge in [-0.3, -0.25) is 4.21 Å². The first kappa shape index (κ1) is 14.7. The molecule has 0 bridgehead atoms. The number of aliphatic hydroxyl groups is 1. The highest BCUT2D eigenvalue weighted by Crippen LogP contribution is 2.23. The van der Waals surface area contributed by atoms with Crippen molar-refractivity contribution in [2.75, 3.05) is 18.1 Å². The molecule has 1 rings (SSSR count). The summed E-state index contributed by atoms with van der Waals surface area (Å²) in [5.74, 6) is 1.33. The van der Waals surface area contributed by atoms with Gasteiger partial charge >= 0.3 is 0 Å². The standard InChI is InChI=1S/C13H20O2S2/c1-2-3-9-17(15)11-13(10-14)16-12-7-5-4-6-8-12/h4-8,13-14H,2-3,9-11H2,1H3/t13-,17+/m0/s1. The summed E-state index contributed by atoms with van der Waals surface area (Å²) < 4.78 is 11.7. The molecule has 0 heterocycles. The number of benzene rings is 1. The lowest BCUT2D eigenvalue weighted by Gasteiger charge is -2.13. The van der Waals surface area contributed by atoms with Crippen molar-refractivity contribution in [2.45, 2.75) is 29.9 Å². The molecule has 0 aliphatic carbocycles. The fourth-order valence-electron chi connectivity index (χ4n) is 1.41. The van der Waals surface area contributed by atoms with Crippen LogP contribution in [0.2, 0.25) is 0 Å². The van der Waals surface area contributed by atoms with Crippen molar-refractivity contribution in [3.05, 3.63) is 30.3 Å². The molecule has 4 heteroatoms. The number of thioether (sulfide) groups is 1. The van der Waals surface area contributed by atoms with Gasteiger partial charge in [0.15, 0.2) is 0 Å². The first-order chi connectivity index (χ1) is 8.26. The van der Waals surface area contributed by atoms with Gasteiger partial charge in [0, 0.05) is 32.5 Å². The van der Waals surface area contributed by atoms with Crippen molar-refractivity contribution in [3.63, 3.8) is 0 Å². The third-order valence-corrected chi connectivity index (χ3v) is 5.27. The Morgan fingerprint density at radius 2 is 2.06 bits per heavy atom. The second-order valence-corrected chi connectivity index (χ2v) is 6.89. The van der Waals surface area contributed by atoms with Crippen molar-refractivity contribution in [2.24, 2.45) is 0 Å². The zero-order chi connectivity index (χ0) is 12.5. The molecule has 1 aromatic carbocycles. The van der Waals surface area contributed by atoms with E-state index < -0.39 is 10.8 Å².